The molecule has 0 radical (unpaired) electrons. The summed E-state index contributed by atoms with van der Waals surface area (Å²) in [5.41, 5.74) is 5.77. The average molecular weight is 901 g/mol. The van der Waals surface area contributed by atoms with Crippen LogP contribution in [0.5, 0.6) is 23.0 Å². The predicted octanol–water partition coefficient (Wildman–Crippen LogP) is 11.4. The summed E-state index contributed by atoms with van der Waals surface area (Å²) < 4.78 is 63.4. The minimum atomic E-state index is -1.67. The van der Waals surface area contributed by atoms with Crippen molar-refractivity contribution in [1.29, 1.82) is 0 Å². The van der Waals surface area contributed by atoms with Crippen LogP contribution in [-0.2, 0) is 28.1 Å². The van der Waals surface area contributed by atoms with E-state index in [1.807, 2.05) is 19.2 Å². The van der Waals surface area contributed by atoms with Gasteiger partial charge in [-0.1, -0.05) is 72.8 Å². The third-order valence-corrected chi connectivity index (χ3v) is 14.8. The Hall–Kier alpha value is -4.98. The molecule has 65 heavy (non-hydrogen) atoms. The van der Waals surface area contributed by atoms with Gasteiger partial charge in [0.05, 0.1) is 72.2 Å². The number of rotatable bonds is 8. The fourth-order valence-electron chi connectivity index (χ4n) is 8.49. The summed E-state index contributed by atoms with van der Waals surface area (Å²) in [6, 6.07) is 39.2. The van der Waals surface area contributed by atoms with E-state index in [2.05, 4.69) is 110 Å². The Bertz CT molecular complexity index is 2420. The van der Waals surface area contributed by atoms with Crippen LogP contribution in [-0.4, -0.2) is 107 Å². The summed E-state index contributed by atoms with van der Waals surface area (Å²) in [6.07, 6.45) is 3.46. The third-order valence-electron chi connectivity index (χ3n) is 12.1. The molecule has 0 saturated heterocycles. The third kappa shape index (κ3) is 12.5. The first-order valence-electron chi connectivity index (χ1n) is 23.3. The Labute approximate surface area is 385 Å². The molecule has 1 unspecified atom stereocenters. The van der Waals surface area contributed by atoms with Crippen molar-refractivity contribution in [3.8, 4) is 56.4 Å². The maximum atomic E-state index is 7.07. The van der Waals surface area contributed by atoms with E-state index >= 15 is 0 Å². The number of benzene rings is 6. The van der Waals surface area contributed by atoms with Gasteiger partial charge in [0, 0.05) is 42.4 Å². The Balaban J connectivity index is 1.31. The molecule has 0 fully saturated rings. The molecule has 4 bridgehead atoms. The highest BCUT2D eigenvalue weighted by molar-refractivity contribution is 6.71. The second-order valence-corrected chi connectivity index (χ2v) is 21.5. The summed E-state index contributed by atoms with van der Waals surface area (Å²) in [5, 5.41) is 4.01. The van der Waals surface area contributed by atoms with E-state index in [1.54, 1.807) is 0 Å². The van der Waals surface area contributed by atoms with Gasteiger partial charge in [0.25, 0.3) is 0 Å². The van der Waals surface area contributed by atoms with Gasteiger partial charge in [-0.3, -0.25) is 0 Å². The number of ether oxygens (including phenoxy) is 9. The van der Waals surface area contributed by atoms with Crippen molar-refractivity contribution in [2.45, 2.75) is 50.9 Å². The van der Waals surface area contributed by atoms with Crippen molar-refractivity contribution in [3.63, 3.8) is 0 Å². The Morgan fingerprint density at radius 2 is 0.985 bits per heavy atom. The molecule has 8 rings (SSSR count). The van der Waals surface area contributed by atoms with E-state index in [0.29, 0.717) is 85.9 Å². The topological polar surface area (TPSA) is 92.3 Å². The predicted molar refractivity (Wildman–Crippen MR) is 261 cm³/mol. The molecule has 344 valence electrons. The maximum absolute atomic E-state index is 7.07. The molecule has 0 aromatic heterocycles. The molecular weight excluding hydrogens is 837 g/mol. The second-order valence-electron chi connectivity index (χ2n) is 17.1. The van der Waals surface area contributed by atoms with Crippen molar-refractivity contribution in [2.24, 2.45) is 0 Å². The summed E-state index contributed by atoms with van der Waals surface area (Å²) in [6.45, 7) is 10.4. The van der Waals surface area contributed by atoms with Gasteiger partial charge < -0.3 is 47.1 Å². The van der Waals surface area contributed by atoms with Gasteiger partial charge in [-0.2, -0.15) is 0 Å². The molecule has 0 amide bonds. The summed E-state index contributed by atoms with van der Waals surface area (Å²) >= 11 is 0. The van der Waals surface area contributed by atoms with Crippen LogP contribution in [0.4, 0.5) is 0 Å². The highest BCUT2D eigenvalue weighted by Gasteiger charge is 2.27. The van der Waals surface area contributed by atoms with Crippen LogP contribution < -0.4 is 18.9 Å². The van der Waals surface area contributed by atoms with Crippen LogP contribution in [0.3, 0.4) is 0 Å². The largest absolute Gasteiger partial charge is 0.494 e. The molecule has 0 N–H and O–H groups in total. The van der Waals surface area contributed by atoms with Crippen LogP contribution in [0, 0.1) is 0 Å². The molecule has 6 aromatic rings. The van der Waals surface area contributed by atoms with Crippen molar-refractivity contribution in [1.82, 2.24) is 0 Å². The fraction of sp³-hybridized carbons (Fsp3) is 0.407. The zero-order chi connectivity index (χ0) is 44.7. The Morgan fingerprint density at radius 1 is 0.508 bits per heavy atom. The van der Waals surface area contributed by atoms with Gasteiger partial charge >= 0.3 is 0 Å². The van der Waals surface area contributed by atoms with Crippen molar-refractivity contribution < 1.29 is 47.1 Å². The lowest BCUT2D eigenvalue weighted by atomic mass is 9.86. The van der Waals surface area contributed by atoms with E-state index < -0.39 is 8.32 Å². The van der Waals surface area contributed by atoms with Crippen LogP contribution in [0.1, 0.15) is 25.7 Å². The van der Waals surface area contributed by atoms with Gasteiger partial charge in [0.2, 0.25) is 0 Å². The van der Waals surface area contributed by atoms with E-state index in [9.17, 15) is 0 Å². The minimum absolute atomic E-state index is 0.0377. The number of hydrogen-bond acceptors (Lipinski definition) is 10. The lowest BCUT2D eigenvalue weighted by Crippen LogP contribution is -2.29. The van der Waals surface area contributed by atoms with Crippen molar-refractivity contribution >= 4 is 29.9 Å². The molecule has 1 atom stereocenters. The Kier molecular flexibility index (Phi) is 16.8. The summed E-state index contributed by atoms with van der Waals surface area (Å²) in [7, 11) is 0.162. The Morgan fingerprint density at radius 3 is 1.48 bits per heavy atom. The van der Waals surface area contributed by atoms with E-state index in [0.717, 1.165) is 110 Å². The van der Waals surface area contributed by atoms with Crippen LogP contribution in [0.15, 0.2) is 109 Å². The first kappa shape index (κ1) is 46.5. The quantitative estimate of drug-likeness (QED) is 0.109. The molecule has 0 saturated carbocycles. The molecule has 2 aliphatic heterocycles. The van der Waals surface area contributed by atoms with Crippen LogP contribution in [0.25, 0.3) is 54.9 Å². The lowest BCUT2D eigenvalue weighted by molar-refractivity contribution is -0.00701. The van der Waals surface area contributed by atoms with Crippen LogP contribution >= 0.6 is 0 Å². The minimum Gasteiger partial charge on any atom is -0.494 e. The van der Waals surface area contributed by atoms with Crippen molar-refractivity contribution in [3.05, 3.63) is 109 Å². The first-order chi connectivity index (χ1) is 32.0. The highest BCUT2D eigenvalue weighted by atomic mass is 28.4. The summed E-state index contributed by atoms with van der Waals surface area (Å²) in [5.74, 6) is 3.00. The molecule has 2 aliphatic rings. The zero-order valence-electron chi connectivity index (χ0n) is 38.3. The zero-order valence-corrected chi connectivity index (χ0v) is 39.3. The van der Waals surface area contributed by atoms with Gasteiger partial charge in [-0.25, -0.2) is 0 Å². The second kappa shape index (κ2) is 23.5. The normalized spacial score (nSPS) is 17.6. The molecule has 6 aromatic carbocycles. The van der Waals surface area contributed by atoms with E-state index in [-0.39, 0.29) is 6.10 Å². The van der Waals surface area contributed by atoms with E-state index in [4.69, 9.17) is 47.1 Å². The van der Waals surface area contributed by atoms with Gasteiger partial charge in [0.1, 0.15) is 36.2 Å². The first-order valence-corrected chi connectivity index (χ1v) is 26.4. The maximum Gasteiger partial charge on any atom is 0.186 e. The SMILES string of the molecule is CO[Si](C)(C)CCCOC1CCCOc2ccc3cc(-c4ccccc4)c4c(c3c2)-c2c(c(-c3ccccc3)cc3ccc(cc23)OCC1)OCCOCCOCCOCCOCCO4. The van der Waals surface area contributed by atoms with Gasteiger partial charge in [0.15, 0.2) is 8.32 Å². The lowest BCUT2D eigenvalue weighted by Gasteiger charge is -2.25. The molecule has 0 aliphatic carbocycles. The summed E-state index contributed by atoms with van der Waals surface area (Å²) in [4.78, 5) is 0. The highest BCUT2D eigenvalue weighted by Crippen LogP contribution is 2.53. The van der Waals surface area contributed by atoms with Crippen molar-refractivity contribution in [2.75, 3.05) is 93.0 Å². The standard InChI is InChI=1S/C54H64O10Si/c1-55-65(2,3)35-11-23-60-44-16-10-22-61-45-19-17-42-36-49(40-12-6-4-7-13-40)53-51(47(42)38-45)52-48-39-46(62-24-21-44)20-18-43(48)37-50(41-14-8-5-9-15-41)54(52)64-34-32-59-30-28-57-26-25-56-27-29-58-31-33-63-53/h4-9,12-15,17-20,36-39,44H,10-11,16,21-35H2,1-3H3. The number of fused-ring (bicyclic) bond motifs is 2. The number of hydrogen-bond donors (Lipinski definition) is 0. The smallest absolute Gasteiger partial charge is 0.186 e. The molecular formula is C54H64O10Si. The van der Waals surface area contributed by atoms with E-state index in [1.165, 1.54) is 0 Å². The average Bonchev–Trinajstić information content (AvgIpc) is 3.33. The molecule has 10 nitrogen and oxygen atoms in total. The molecule has 2 heterocycles. The molecule has 0 spiro atoms. The monoisotopic (exact) mass is 900 g/mol. The van der Waals surface area contributed by atoms with Gasteiger partial charge in [-0.15, -0.1) is 0 Å². The molecule has 11 heteroatoms. The fourth-order valence-corrected chi connectivity index (χ4v) is 9.69. The van der Waals surface area contributed by atoms with Crippen LogP contribution in [0.2, 0.25) is 19.1 Å². The van der Waals surface area contributed by atoms with Gasteiger partial charge in [-0.05, 0) is 107 Å².